The van der Waals surface area contributed by atoms with E-state index in [1.807, 2.05) is 12.4 Å². The van der Waals surface area contributed by atoms with Gasteiger partial charge in [-0.1, -0.05) is 45.0 Å². The molecule has 0 spiro atoms. The summed E-state index contributed by atoms with van der Waals surface area (Å²) in [5.74, 6) is 0.600. The summed E-state index contributed by atoms with van der Waals surface area (Å²) in [5.41, 5.74) is 4.11. The van der Waals surface area contributed by atoms with Crippen LogP contribution in [-0.4, -0.2) is 16.4 Å². The van der Waals surface area contributed by atoms with E-state index in [0.717, 1.165) is 19.6 Å². The van der Waals surface area contributed by atoms with Crippen molar-refractivity contribution >= 4 is 0 Å². The van der Waals surface area contributed by atoms with Crippen LogP contribution in [0.5, 0.6) is 0 Å². The third kappa shape index (κ3) is 4.17. The molecule has 0 N–H and O–H groups in total. The third-order valence-corrected chi connectivity index (χ3v) is 3.66. The summed E-state index contributed by atoms with van der Waals surface area (Å²) in [4.78, 5) is 6.51. The zero-order valence-corrected chi connectivity index (χ0v) is 12.7. The molecule has 2 rings (SSSR count). The van der Waals surface area contributed by atoms with Crippen molar-refractivity contribution in [2.45, 2.75) is 39.8 Å². The van der Waals surface area contributed by atoms with Gasteiger partial charge in [0, 0.05) is 25.5 Å². The van der Waals surface area contributed by atoms with Crippen LogP contribution in [0.25, 0.3) is 0 Å². The van der Waals surface area contributed by atoms with Crippen LogP contribution >= 0.6 is 0 Å². The molecular weight excluding hydrogens is 244 g/mol. The zero-order valence-electron chi connectivity index (χ0n) is 12.7. The molecule has 1 aromatic carbocycles. The zero-order chi connectivity index (χ0) is 14.4. The molecule has 2 heteroatoms. The monoisotopic (exact) mass is 268 g/mol. The Kier molecular flexibility index (Phi) is 5.31. The lowest BCUT2D eigenvalue weighted by Crippen LogP contribution is -2.22. The van der Waals surface area contributed by atoms with Gasteiger partial charge < -0.3 is 0 Å². The van der Waals surface area contributed by atoms with Crippen molar-refractivity contribution in [1.29, 1.82) is 0 Å². The Labute approximate surface area is 122 Å². The van der Waals surface area contributed by atoms with Gasteiger partial charge in [-0.2, -0.15) is 0 Å². The highest BCUT2D eigenvalue weighted by atomic mass is 15.1. The van der Waals surface area contributed by atoms with E-state index >= 15 is 0 Å². The Morgan fingerprint density at radius 3 is 1.95 bits per heavy atom. The van der Waals surface area contributed by atoms with Crippen LogP contribution in [0.1, 0.15) is 43.4 Å². The molecule has 0 amide bonds. The van der Waals surface area contributed by atoms with Crippen molar-refractivity contribution in [1.82, 2.24) is 9.88 Å². The summed E-state index contributed by atoms with van der Waals surface area (Å²) in [5, 5.41) is 0. The third-order valence-electron chi connectivity index (χ3n) is 3.66. The fourth-order valence-electron chi connectivity index (χ4n) is 2.29. The molecule has 0 fully saturated rings. The minimum absolute atomic E-state index is 0.600. The lowest BCUT2D eigenvalue weighted by atomic mass is 10.0. The van der Waals surface area contributed by atoms with Gasteiger partial charge in [-0.15, -0.1) is 0 Å². The van der Waals surface area contributed by atoms with Gasteiger partial charge in [0.2, 0.25) is 0 Å². The highest BCUT2D eigenvalue weighted by Gasteiger charge is 2.05. The Bertz CT molecular complexity index is 503. The van der Waals surface area contributed by atoms with Crippen LogP contribution < -0.4 is 0 Å². The van der Waals surface area contributed by atoms with Crippen molar-refractivity contribution in [2.24, 2.45) is 0 Å². The first-order valence-corrected chi connectivity index (χ1v) is 7.39. The maximum Gasteiger partial charge on any atom is 0.0271 e. The molecule has 0 atom stereocenters. The van der Waals surface area contributed by atoms with E-state index < -0.39 is 0 Å². The topological polar surface area (TPSA) is 16.1 Å². The minimum Gasteiger partial charge on any atom is -0.295 e. The normalized spacial score (nSPS) is 11.2. The van der Waals surface area contributed by atoms with Crippen LogP contribution in [0.3, 0.4) is 0 Å². The van der Waals surface area contributed by atoms with Gasteiger partial charge in [-0.3, -0.25) is 9.88 Å². The van der Waals surface area contributed by atoms with Crippen molar-refractivity contribution < 1.29 is 0 Å². The molecule has 0 aliphatic rings. The van der Waals surface area contributed by atoms with E-state index in [9.17, 15) is 0 Å². The van der Waals surface area contributed by atoms with E-state index in [0.29, 0.717) is 5.92 Å². The average molecular weight is 268 g/mol. The smallest absolute Gasteiger partial charge is 0.0271 e. The summed E-state index contributed by atoms with van der Waals surface area (Å²) >= 11 is 0. The van der Waals surface area contributed by atoms with Gasteiger partial charge in [0.05, 0.1) is 0 Å². The van der Waals surface area contributed by atoms with Gasteiger partial charge in [-0.05, 0) is 41.3 Å². The molecule has 0 radical (unpaired) electrons. The van der Waals surface area contributed by atoms with Gasteiger partial charge in [-0.25, -0.2) is 0 Å². The van der Waals surface area contributed by atoms with E-state index in [1.165, 1.54) is 16.7 Å². The van der Waals surface area contributed by atoms with Gasteiger partial charge >= 0.3 is 0 Å². The molecule has 106 valence electrons. The van der Waals surface area contributed by atoms with E-state index in [4.69, 9.17) is 0 Å². The molecule has 0 bridgehead atoms. The molecule has 20 heavy (non-hydrogen) atoms. The molecule has 1 aromatic heterocycles. The van der Waals surface area contributed by atoms with Crippen LogP contribution in [0.2, 0.25) is 0 Å². The first-order chi connectivity index (χ1) is 9.69. The first-order valence-electron chi connectivity index (χ1n) is 7.39. The predicted octanol–water partition coefficient (Wildman–Crippen LogP) is 4.23. The van der Waals surface area contributed by atoms with E-state index in [-0.39, 0.29) is 0 Å². The summed E-state index contributed by atoms with van der Waals surface area (Å²) in [6, 6.07) is 13.2. The molecule has 0 unspecified atom stereocenters. The second-order valence-corrected chi connectivity index (χ2v) is 5.56. The number of aromatic nitrogens is 1. The second-order valence-electron chi connectivity index (χ2n) is 5.56. The fourth-order valence-corrected chi connectivity index (χ4v) is 2.29. The Morgan fingerprint density at radius 2 is 1.45 bits per heavy atom. The molecule has 2 aromatic rings. The van der Waals surface area contributed by atoms with Crippen LogP contribution in [0, 0.1) is 0 Å². The number of benzene rings is 1. The molecule has 0 aliphatic carbocycles. The fraction of sp³-hybridized carbons (Fsp3) is 0.389. The summed E-state index contributed by atoms with van der Waals surface area (Å²) in [7, 11) is 0. The maximum atomic E-state index is 4.07. The highest BCUT2D eigenvalue weighted by Crippen LogP contribution is 2.16. The summed E-state index contributed by atoms with van der Waals surface area (Å²) in [6.45, 7) is 9.70. The average Bonchev–Trinajstić information content (AvgIpc) is 2.48. The standard InChI is InChI=1S/C18H24N2/c1-4-20(14-17-9-11-19-12-10-17)13-16-5-7-18(8-6-16)15(2)3/h5-12,15H,4,13-14H2,1-3H3. The Balaban J connectivity index is 1.99. The van der Waals surface area contributed by atoms with Crippen LogP contribution in [-0.2, 0) is 13.1 Å². The number of hydrogen-bond donors (Lipinski definition) is 0. The Morgan fingerprint density at radius 1 is 0.900 bits per heavy atom. The number of nitrogens with zero attached hydrogens (tertiary/aromatic N) is 2. The van der Waals surface area contributed by atoms with Crippen LogP contribution in [0.15, 0.2) is 48.8 Å². The van der Waals surface area contributed by atoms with E-state index in [2.05, 4.69) is 67.1 Å². The SMILES string of the molecule is CCN(Cc1ccncc1)Cc1ccc(C(C)C)cc1. The molecule has 0 saturated carbocycles. The minimum atomic E-state index is 0.600. The van der Waals surface area contributed by atoms with Crippen molar-refractivity contribution in [3.05, 3.63) is 65.5 Å². The lowest BCUT2D eigenvalue weighted by molar-refractivity contribution is 0.271. The summed E-state index contributed by atoms with van der Waals surface area (Å²) in [6.07, 6.45) is 3.72. The Hall–Kier alpha value is -1.67. The van der Waals surface area contributed by atoms with Gasteiger partial charge in [0.1, 0.15) is 0 Å². The molecular formula is C18H24N2. The predicted molar refractivity (Wildman–Crippen MR) is 84.6 cm³/mol. The van der Waals surface area contributed by atoms with Crippen molar-refractivity contribution in [3.8, 4) is 0 Å². The number of pyridine rings is 1. The quantitative estimate of drug-likeness (QED) is 0.779. The highest BCUT2D eigenvalue weighted by molar-refractivity contribution is 5.24. The number of hydrogen-bond acceptors (Lipinski definition) is 2. The largest absolute Gasteiger partial charge is 0.295 e. The van der Waals surface area contributed by atoms with Gasteiger partial charge in [0.15, 0.2) is 0 Å². The number of rotatable bonds is 6. The molecule has 0 aliphatic heterocycles. The maximum absolute atomic E-state index is 4.07. The van der Waals surface area contributed by atoms with Crippen LogP contribution in [0.4, 0.5) is 0 Å². The molecule has 0 saturated heterocycles. The van der Waals surface area contributed by atoms with Gasteiger partial charge in [0.25, 0.3) is 0 Å². The first kappa shape index (κ1) is 14.7. The molecule has 1 heterocycles. The van der Waals surface area contributed by atoms with Crippen molar-refractivity contribution in [3.63, 3.8) is 0 Å². The lowest BCUT2D eigenvalue weighted by Gasteiger charge is -2.20. The van der Waals surface area contributed by atoms with Crippen molar-refractivity contribution in [2.75, 3.05) is 6.54 Å². The van der Waals surface area contributed by atoms with E-state index in [1.54, 1.807) is 0 Å². The molecule has 2 nitrogen and oxygen atoms in total. The second kappa shape index (κ2) is 7.20. The summed E-state index contributed by atoms with van der Waals surface area (Å²) < 4.78 is 0.